The van der Waals surface area contributed by atoms with Crippen LogP contribution in [0.4, 0.5) is 0 Å². The first-order valence-corrected chi connectivity index (χ1v) is 9.22. The molecule has 0 bridgehead atoms. The third kappa shape index (κ3) is 3.24. The first-order chi connectivity index (χ1) is 12.5. The molecular weight excluding hydrogens is 332 g/mol. The maximum Gasteiger partial charge on any atom is 0.255 e. The second-order valence-corrected chi connectivity index (χ2v) is 7.64. The Morgan fingerprint density at radius 3 is 2.81 bits per heavy atom. The maximum atomic E-state index is 13.0. The second-order valence-electron chi connectivity index (χ2n) is 7.64. The average molecular weight is 356 g/mol. The Kier molecular flexibility index (Phi) is 4.28. The van der Waals surface area contributed by atoms with E-state index in [0.717, 1.165) is 36.9 Å². The third-order valence-corrected chi connectivity index (χ3v) is 5.65. The largest absolute Gasteiger partial charge is 0.325 e. The summed E-state index contributed by atoms with van der Waals surface area (Å²) < 4.78 is 0. The van der Waals surface area contributed by atoms with Gasteiger partial charge in [0.1, 0.15) is 6.04 Å². The Bertz CT molecular complexity index is 772. The summed E-state index contributed by atoms with van der Waals surface area (Å²) in [6.07, 6.45) is 3.78. The summed E-state index contributed by atoms with van der Waals surface area (Å²) in [5.74, 6) is -0.766. The predicted octanol–water partition coefficient (Wildman–Crippen LogP) is 0.419. The van der Waals surface area contributed by atoms with Crippen LogP contribution >= 0.6 is 0 Å². The molecule has 1 saturated carbocycles. The molecule has 3 amide bonds. The monoisotopic (exact) mass is 356 g/mol. The molecule has 138 valence electrons. The average Bonchev–Trinajstić information content (AvgIpc) is 3.25. The number of hydrogen-bond donors (Lipinski definition) is 3. The van der Waals surface area contributed by atoms with Crippen molar-refractivity contribution in [2.24, 2.45) is 5.73 Å². The van der Waals surface area contributed by atoms with Gasteiger partial charge < -0.3 is 16.0 Å². The number of nitrogens with zero attached hydrogens (tertiary/aromatic N) is 1. The Labute approximate surface area is 152 Å². The van der Waals surface area contributed by atoms with Gasteiger partial charge in [0.05, 0.1) is 0 Å². The van der Waals surface area contributed by atoms with Crippen LogP contribution < -0.4 is 16.4 Å². The van der Waals surface area contributed by atoms with Gasteiger partial charge in [-0.05, 0) is 43.4 Å². The van der Waals surface area contributed by atoms with E-state index < -0.39 is 6.04 Å². The number of carbonyl (C=O) groups excluding carboxylic acids is 3. The molecular formula is C19H24N4O3. The molecule has 2 fully saturated rings. The zero-order valence-corrected chi connectivity index (χ0v) is 14.7. The number of carbonyl (C=O) groups is 3. The van der Waals surface area contributed by atoms with Gasteiger partial charge in [-0.1, -0.05) is 18.2 Å². The van der Waals surface area contributed by atoms with Crippen LogP contribution in [0.5, 0.6) is 0 Å². The van der Waals surface area contributed by atoms with Gasteiger partial charge in [0.2, 0.25) is 11.8 Å². The number of hydrogen-bond acceptors (Lipinski definition) is 5. The quantitative estimate of drug-likeness (QED) is 0.506. The lowest BCUT2D eigenvalue weighted by Gasteiger charge is -2.29. The zero-order valence-electron chi connectivity index (χ0n) is 14.7. The van der Waals surface area contributed by atoms with Gasteiger partial charge in [-0.2, -0.15) is 0 Å². The summed E-state index contributed by atoms with van der Waals surface area (Å²) >= 11 is 0. The van der Waals surface area contributed by atoms with Crippen molar-refractivity contribution in [1.29, 1.82) is 0 Å². The van der Waals surface area contributed by atoms with Crippen molar-refractivity contribution >= 4 is 17.7 Å². The molecule has 0 spiro atoms. The van der Waals surface area contributed by atoms with Crippen LogP contribution in [0.3, 0.4) is 0 Å². The Balaban J connectivity index is 1.44. The Morgan fingerprint density at radius 1 is 1.27 bits per heavy atom. The number of rotatable bonds is 6. The first-order valence-electron chi connectivity index (χ1n) is 9.22. The van der Waals surface area contributed by atoms with Crippen LogP contribution in [-0.4, -0.2) is 40.7 Å². The lowest BCUT2D eigenvalue weighted by Crippen LogP contribution is -2.52. The number of imide groups is 1. The molecule has 4 N–H and O–H groups in total. The van der Waals surface area contributed by atoms with Crippen molar-refractivity contribution in [2.75, 3.05) is 6.54 Å². The highest BCUT2D eigenvalue weighted by atomic mass is 16.2. The fourth-order valence-electron chi connectivity index (χ4n) is 3.81. The molecule has 1 aliphatic carbocycles. The lowest BCUT2D eigenvalue weighted by atomic mass is 10.0. The van der Waals surface area contributed by atoms with Crippen molar-refractivity contribution in [1.82, 2.24) is 15.5 Å². The van der Waals surface area contributed by atoms with Gasteiger partial charge >= 0.3 is 0 Å². The van der Waals surface area contributed by atoms with Crippen LogP contribution in [0.1, 0.15) is 53.6 Å². The number of benzene rings is 1. The van der Waals surface area contributed by atoms with Gasteiger partial charge in [-0.3, -0.25) is 19.7 Å². The van der Waals surface area contributed by atoms with Gasteiger partial charge in [0.15, 0.2) is 0 Å². The molecule has 0 radical (unpaired) electrons. The van der Waals surface area contributed by atoms with Crippen molar-refractivity contribution in [3.8, 4) is 0 Å². The molecule has 1 unspecified atom stereocenters. The fraction of sp³-hybridized carbons (Fsp3) is 0.526. The molecule has 2 heterocycles. The van der Waals surface area contributed by atoms with E-state index >= 15 is 0 Å². The fourth-order valence-corrected chi connectivity index (χ4v) is 3.81. The summed E-state index contributed by atoms with van der Waals surface area (Å²) in [5, 5.41) is 5.72. The van der Waals surface area contributed by atoms with E-state index in [1.54, 1.807) is 4.90 Å². The molecule has 7 heteroatoms. The van der Waals surface area contributed by atoms with Crippen molar-refractivity contribution in [2.45, 2.75) is 56.8 Å². The summed E-state index contributed by atoms with van der Waals surface area (Å²) in [5.41, 5.74) is 8.70. The van der Waals surface area contributed by atoms with Gasteiger partial charge in [-0.15, -0.1) is 0 Å². The number of amides is 3. The van der Waals surface area contributed by atoms with E-state index in [9.17, 15) is 14.4 Å². The normalized spacial score (nSPS) is 23.8. The van der Waals surface area contributed by atoms with Gasteiger partial charge in [0, 0.05) is 30.6 Å². The molecule has 7 nitrogen and oxygen atoms in total. The van der Waals surface area contributed by atoms with E-state index in [1.807, 2.05) is 18.2 Å². The molecule has 0 aromatic heterocycles. The standard InChI is InChI=1S/C19H24N4O3/c20-19(6-7-19)8-9-21-10-12-2-1-3-13-11-23(18(26)16(12)13)14-4-5-15(24)22-17(14)25/h1-3,14,21H,4-11,20H2,(H,22,24,25). The maximum absolute atomic E-state index is 13.0. The second kappa shape index (κ2) is 6.48. The Morgan fingerprint density at radius 2 is 2.08 bits per heavy atom. The smallest absolute Gasteiger partial charge is 0.255 e. The number of fused-ring (bicyclic) bond motifs is 1. The summed E-state index contributed by atoms with van der Waals surface area (Å²) in [4.78, 5) is 38.0. The highest BCUT2D eigenvalue weighted by molar-refractivity contribution is 6.05. The SMILES string of the molecule is NC1(CCNCc2cccc3c2C(=O)N(C2CCC(=O)NC2=O)C3)CC1. The molecule has 1 aromatic rings. The van der Waals surface area contributed by atoms with E-state index in [4.69, 9.17) is 5.73 Å². The molecule has 1 saturated heterocycles. The van der Waals surface area contributed by atoms with Crippen LogP contribution in [-0.2, 0) is 22.7 Å². The van der Waals surface area contributed by atoms with E-state index in [1.165, 1.54) is 0 Å². The molecule has 1 aromatic carbocycles. The highest BCUT2D eigenvalue weighted by Crippen LogP contribution is 2.35. The van der Waals surface area contributed by atoms with E-state index in [0.29, 0.717) is 25.1 Å². The van der Waals surface area contributed by atoms with Crippen molar-refractivity contribution < 1.29 is 14.4 Å². The van der Waals surface area contributed by atoms with Gasteiger partial charge in [0.25, 0.3) is 5.91 Å². The number of piperidine rings is 1. The van der Waals surface area contributed by atoms with Crippen molar-refractivity contribution in [3.05, 3.63) is 34.9 Å². The highest BCUT2D eigenvalue weighted by Gasteiger charge is 2.40. The molecule has 1 atom stereocenters. The first kappa shape index (κ1) is 17.2. The predicted molar refractivity (Wildman–Crippen MR) is 95.0 cm³/mol. The van der Waals surface area contributed by atoms with Crippen LogP contribution in [0.25, 0.3) is 0 Å². The minimum absolute atomic E-state index is 0.0179. The minimum Gasteiger partial charge on any atom is -0.325 e. The van der Waals surface area contributed by atoms with E-state index in [-0.39, 0.29) is 29.7 Å². The van der Waals surface area contributed by atoms with Gasteiger partial charge in [-0.25, -0.2) is 0 Å². The zero-order chi connectivity index (χ0) is 18.3. The Hall–Kier alpha value is -2.25. The van der Waals surface area contributed by atoms with Crippen molar-refractivity contribution in [3.63, 3.8) is 0 Å². The van der Waals surface area contributed by atoms with E-state index in [2.05, 4.69) is 10.6 Å². The summed E-state index contributed by atoms with van der Waals surface area (Å²) in [6, 6.07) is 5.26. The third-order valence-electron chi connectivity index (χ3n) is 5.65. The topological polar surface area (TPSA) is 105 Å². The number of nitrogens with one attached hydrogen (secondary N) is 2. The summed E-state index contributed by atoms with van der Waals surface area (Å²) in [6.45, 7) is 1.85. The molecule has 4 rings (SSSR count). The lowest BCUT2D eigenvalue weighted by molar-refractivity contribution is -0.136. The number of nitrogens with two attached hydrogens (primary N) is 1. The minimum atomic E-state index is -0.569. The molecule has 26 heavy (non-hydrogen) atoms. The molecule has 2 aliphatic heterocycles. The summed E-state index contributed by atoms with van der Waals surface area (Å²) in [7, 11) is 0. The van der Waals surface area contributed by atoms with Crippen LogP contribution in [0, 0.1) is 0 Å². The van der Waals surface area contributed by atoms with Crippen LogP contribution in [0.15, 0.2) is 18.2 Å². The molecule has 3 aliphatic rings. The van der Waals surface area contributed by atoms with Crippen LogP contribution in [0.2, 0.25) is 0 Å².